The normalized spacial score (nSPS) is 32.1. The number of likely N-dealkylation sites (N-methyl/N-ethyl adjacent to an activating group) is 1. The Kier molecular flexibility index (Phi) is 4.26. The minimum absolute atomic E-state index is 0.607. The van der Waals surface area contributed by atoms with Gasteiger partial charge in [-0.3, -0.25) is 4.99 Å². The lowest BCUT2D eigenvalue weighted by atomic mass is 10.0. The molecule has 2 saturated heterocycles. The number of piperidine rings is 1. The van der Waals surface area contributed by atoms with Crippen molar-refractivity contribution in [2.45, 2.75) is 38.6 Å². The van der Waals surface area contributed by atoms with Crippen molar-refractivity contribution in [2.24, 2.45) is 16.6 Å². The van der Waals surface area contributed by atoms with Crippen molar-refractivity contribution in [2.75, 3.05) is 33.2 Å². The van der Waals surface area contributed by atoms with Crippen molar-refractivity contribution >= 4 is 5.96 Å². The molecule has 2 N–H and O–H groups in total. The second kappa shape index (κ2) is 5.71. The van der Waals surface area contributed by atoms with Gasteiger partial charge in [0.05, 0.1) is 6.54 Å². The minimum Gasteiger partial charge on any atom is -0.370 e. The highest BCUT2D eigenvalue weighted by Gasteiger charge is 2.21. The van der Waals surface area contributed by atoms with E-state index in [0.29, 0.717) is 6.04 Å². The van der Waals surface area contributed by atoms with Crippen LogP contribution in [0.15, 0.2) is 4.99 Å². The van der Waals surface area contributed by atoms with Gasteiger partial charge in [-0.2, -0.15) is 0 Å². The molecule has 0 saturated carbocycles. The molecule has 0 amide bonds. The van der Waals surface area contributed by atoms with Crippen molar-refractivity contribution in [3.63, 3.8) is 0 Å². The summed E-state index contributed by atoms with van der Waals surface area (Å²) in [6.45, 7) is 6.54. The van der Waals surface area contributed by atoms with Crippen molar-refractivity contribution in [1.29, 1.82) is 0 Å². The van der Waals surface area contributed by atoms with Crippen LogP contribution in [0.25, 0.3) is 0 Å². The molecule has 2 aliphatic rings. The number of hydrogen-bond donors (Lipinski definition) is 1. The molecule has 2 fully saturated rings. The van der Waals surface area contributed by atoms with Crippen LogP contribution < -0.4 is 5.73 Å². The third-order valence-corrected chi connectivity index (χ3v) is 4.12. The van der Waals surface area contributed by atoms with E-state index in [1.807, 2.05) is 0 Å². The smallest absolute Gasteiger partial charge is 0.191 e. The molecule has 0 aromatic rings. The Labute approximate surface area is 105 Å². The van der Waals surface area contributed by atoms with Crippen molar-refractivity contribution in [1.82, 2.24) is 9.80 Å². The van der Waals surface area contributed by atoms with Crippen molar-refractivity contribution < 1.29 is 0 Å². The molecule has 17 heavy (non-hydrogen) atoms. The minimum atomic E-state index is 0.607. The third kappa shape index (κ3) is 3.35. The van der Waals surface area contributed by atoms with Crippen LogP contribution in [0.1, 0.15) is 32.6 Å². The summed E-state index contributed by atoms with van der Waals surface area (Å²) in [5.74, 6) is 1.52. The molecule has 2 rings (SSSR count). The van der Waals surface area contributed by atoms with Crippen LogP contribution in [0.5, 0.6) is 0 Å². The summed E-state index contributed by atoms with van der Waals surface area (Å²) in [6.07, 6.45) is 5.15. The van der Waals surface area contributed by atoms with Crippen molar-refractivity contribution in [3.05, 3.63) is 0 Å². The quantitative estimate of drug-likeness (QED) is 0.579. The lowest BCUT2D eigenvalue weighted by molar-refractivity contribution is 0.268. The molecule has 2 atom stereocenters. The molecule has 0 aromatic heterocycles. The number of nitrogens with zero attached hydrogens (tertiary/aromatic N) is 3. The fourth-order valence-electron chi connectivity index (χ4n) is 2.91. The number of guanidine groups is 1. The first-order chi connectivity index (χ1) is 8.16. The highest BCUT2D eigenvalue weighted by atomic mass is 15.3. The average Bonchev–Trinajstić information content (AvgIpc) is 2.72. The molecular weight excluding hydrogens is 212 g/mol. The predicted octanol–water partition coefficient (Wildman–Crippen LogP) is 1.13. The van der Waals surface area contributed by atoms with Gasteiger partial charge in [0, 0.05) is 19.1 Å². The maximum atomic E-state index is 6.09. The van der Waals surface area contributed by atoms with Crippen LogP contribution in [-0.2, 0) is 0 Å². The van der Waals surface area contributed by atoms with Gasteiger partial charge in [-0.25, -0.2) is 0 Å². The Morgan fingerprint density at radius 3 is 2.71 bits per heavy atom. The van der Waals surface area contributed by atoms with Crippen LogP contribution in [0.2, 0.25) is 0 Å². The van der Waals surface area contributed by atoms with Crippen LogP contribution in [0, 0.1) is 5.92 Å². The Balaban J connectivity index is 1.83. The standard InChI is InChI=1S/C13H26N4/c1-11-5-3-8-17(10-11)13(14)15-9-12-6-4-7-16(12)2/h11-12H,3-10H2,1-2H3,(H2,14,15). The monoisotopic (exact) mass is 238 g/mol. The maximum Gasteiger partial charge on any atom is 0.191 e. The fourth-order valence-corrected chi connectivity index (χ4v) is 2.91. The maximum absolute atomic E-state index is 6.09. The van der Waals surface area contributed by atoms with E-state index in [9.17, 15) is 0 Å². The van der Waals surface area contributed by atoms with Crippen LogP contribution >= 0.6 is 0 Å². The lowest BCUT2D eigenvalue weighted by Crippen LogP contribution is -2.44. The zero-order chi connectivity index (χ0) is 12.3. The van der Waals surface area contributed by atoms with E-state index in [4.69, 9.17) is 5.73 Å². The summed E-state index contributed by atoms with van der Waals surface area (Å²) in [7, 11) is 2.19. The first kappa shape index (κ1) is 12.7. The summed E-state index contributed by atoms with van der Waals surface area (Å²) in [6, 6.07) is 0.607. The molecule has 0 spiro atoms. The summed E-state index contributed by atoms with van der Waals surface area (Å²) in [5.41, 5.74) is 6.09. The summed E-state index contributed by atoms with van der Waals surface area (Å²) in [5, 5.41) is 0. The van der Waals surface area contributed by atoms with Gasteiger partial charge >= 0.3 is 0 Å². The van der Waals surface area contributed by atoms with E-state index < -0.39 is 0 Å². The molecular formula is C13H26N4. The predicted molar refractivity (Wildman–Crippen MR) is 72.1 cm³/mol. The SMILES string of the molecule is CC1CCCN(C(N)=NCC2CCCN2C)C1. The van der Waals surface area contributed by atoms with Crippen LogP contribution in [0.4, 0.5) is 0 Å². The number of hydrogen-bond acceptors (Lipinski definition) is 2. The number of aliphatic imine (C=N–C) groups is 1. The summed E-state index contributed by atoms with van der Waals surface area (Å²) < 4.78 is 0. The number of rotatable bonds is 2. The van der Waals surface area contributed by atoms with Gasteiger partial charge in [0.15, 0.2) is 5.96 Å². The zero-order valence-electron chi connectivity index (χ0n) is 11.2. The molecule has 0 aromatic carbocycles. The van der Waals surface area contributed by atoms with Crippen LogP contribution in [0.3, 0.4) is 0 Å². The van der Waals surface area contributed by atoms with Gasteiger partial charge in [0.2, 0.25) is 0 Å². The molecule has 4 heteroatoms. The molecule has 4 nitrogen and oxygen atoms in total. The van der Waals surface area contributed by atoms with E-state index in [2.05, 4.69) is 28.8 Å². The number of likely N-dealkylation sites (tertiary alicyclic amines) is 2. The summed E-state index contributed by atoms with van der Waals surface area (Å²) >= 11 is 0. The molecule has 2 unspecified atom stereocenters. The second-order valence-electron chi connectivity index (χ2n) is 5.67. The Morgan fingerprint density at radius 2 is 2.06 bits per heavy atom. The van der Waals surface area contributed by atoms with E-state index in [-0.39, 0.29) is 0 Å². The topological polar surface area (TPSA) is 44.9 Å². The lowest BCUT2D eigenvalue weighted by Gasteiger charge is -2.32. The van der Waals surface area contributed by atoms with E-state index in [1.54, 1.807) is 0 Å². The highest BCUT2D eigenvalue weighted by Crippen LogP contribution is 2.16. The van der Waals surface area contributed by atoms with Gasteiger partial charge in [0.25, 0.3) is 0 Å². The van der Waals surface area contributed by atoms with Gasteiger partial charge in [-0.1, -0.05) is 6.92 Å². The second-order valence-corrected chi connectivity index (χ2v) is 5.67. The Bertz CT molecular complexity index is 277. The van der Waals surface area contributed by atoms with E-state index in [0.717, 1.165) is 31.5 Å². The number of nitrogens with two attached hydrogens (primary N) is 1. The largest absolute Gasteiger partial charge is 0.370 e. The third-order valence-electron chi connectivity index (χ3n) is 4.12. The zero-order valence-corrected chi connectivity index (χ0v) is 11.2. The highest BCUT2D eigenvalue weighted by molar-refractivity contribution is 5.78. The van der Waals surface area contributed by atoms with Gasteiger partial charge in [-0.15, -0.1) is 0 Å². The molecule has 98 valence electrons. The van der Waals surface area contributed by atoms with Gasteiger partial charge in [-0.05, 0) is 45.2 Å². The Hall–Kier alpha value is -0.770. The first-order valence-corrected chi connectivity index (χ1v) is 6.92. The molecule has 0 bridgehead atoms. The average molecular weight is 238 g/mol. The van der Waals surface area contributed by atoms with Gasteiger partial charge in [0.1, 0.15) is 0 Å². The fraction of sp³-hybridized carbons (Fsp3) is 0.923. The Morgan fingerprint density at radius 1 is 1.29 bits per heavy atom. The molecule has 0 aliphatic carbocycles. The van der Waals surface area contributed by atoms with Crippen molar-refractivity contribution in [3.8, 4) is 0 Å². The van der Waals surface area contributed by atoms with Gasteiger partial charge < -0.3 is 15.5 Å². The first-order valence-electron chi connectivity index (χ1n) is 6.92. The van der Waals surface area contributed by atoms with Crippen LogP contribution in [-0.4, -0.2) is 55.0 Å². The molecule has 2 aliphatic heterocycles. The molecule has 0 radical (unpaired) electrons. The van der Waals surface area contributed by atoms with E-state index in [1.165, 1.54) is 32.2 Å². The molecule has 2 heterocycles. The van der Waals surface area contributed by atoms with E-state index >= 15 is 0 Å². The summed E-state index contributed by atoms with van der Waals surface area (Å²) in [4.78, 5) is 9.24.